The summed E-state index contributed by atoms with van der Waals surface area (Å²) < 4.78 is 1.35. The van der Waals surface area contributed by atoms with Gasteiger partial charge in [-0.1, -0.05) is 6.92 Å². The molecule has 2 aromatic rings. The highest BCUT2D eigenvalue weighted by Crippen LogP contribution is 2.27. The highest BCUT2D eigenvalue weighted by molar-refractivity contribution is 6.01. The smallest absolute Gasteiger partial charge is 0.268 e. The molecule has 0 radical (unpaired) electrons. The first-order chi connectivity index (χ1) is 12.5. The van der Waals surface area contributed by atoms with Gasteiger partial charge in [-0.3, -0.25) is 14.2 Å². The molecule has 7 nitrogen and oxygen atoms in total. The van der Waals surface area contributed by atoms with E-state index < -0.39 is 11.5 Å². The Labute approximate surface area is 151 Å². The first kappa shape index (κ1) is 18.4. The van der Waals surface area contributed by atoms with E-state index in [0.29, 0.717) is 23.4 Å². The van der Waals surface area contributed by atoms with Crippen LogP contribution in [0.1, 0.15) is 49.4 Å². The number of rotatable bonds is 5. The van der Waals surface area contributed by atoms with Gasteiger partial charge in [0.05, 0.1) is 5.39 Å². The third kappa shape index (κ3) is 3.58. The maximum Gasteiger partial charge on any atom is 0.268 e. The third-order valence-electron chi connectivity index (χ3n) is 5.11. The summed E-state index contributed by atoms with van der Waals surface area (Å²) in [5, 5.41) is 22.9. The van der Waals surface area contributed by atoms with Crippen LogP contribution in [0.15, 0.2) is 23.1 Å². The van der Waals surface area contributed by atoms with Crippen molar-refractivity contribution >= 4 is 16.9 Å². The van der Waals surface area contributed by atoms with E-state index in [1.54, 1.807) is 12.1 Å². The molecule has 0 bridgehead atoms. The van der Waals surface area contributed by atoms with E-state index in [1.165, 1.54) is 10.8 Å². The number of nitrogens with one attached hydrogen (secondary N) is 1. The number of aliphatic hydroxyl groups is 1. The van der Waals surface area contributed by atoms with Crippen molar-refractivity contribution in [3.8, 4) is 5.75 Å². The summed E-state index contributed by atoms with van der Waals surface area (Å²) >= 11 is 0. The number of aliphatic hydroxyl groups excluding tert-OH is 1. The molecule has 140 valence electrons. The second-order valence-corrected chi connectivity index (χ2v) is 7.06. The van der Waals surface area contributed by atoms with Gasteiger partial charge in [0.25, 0.3) is 11.5 Å². The number of carbonyl (C=O) groups is 1. The predicted octanol–water partition coefficient (Wildman–Crippen LogP) is 1.79. The largest absolute Gasteiger partial charge is 0.506 e. The van der Waals surface area contributed by atoms with Crippen LogP contribution >= 0.6 is 0 Å². The molecule has 1 aliphatic rings. The SMILES string of the molecule is CC1CCC(NC(=O)c2c(O)c3cccnc3n(CCCO)c2=O)CC1. The van der Waals surface area contributed by atoms with Gasteiger partial charge in [0.15, 0.2) is 0 Å². The lowest BCUT2D eigenvalue weighted by Crippen LogP contribution is -2.40. The van der Waals surface area contributed by atoms with E-state index in [4.69, 9.17) is 5.11 Å². The summed E-state index contributed by atoms with van der Waals surface area (Å²) in [7, 11) is 0. The van der Waals surface area contributed by atoms with Gasteiger partial charge < -0.3 is 15.5 Å². The summed E-state index contributed by atoms with van der Waals surface area (Å²) in [6.07, 6.45) is 5.72. The molecule has 0 spiro atoms. The monoisotopic (exact) mass is 359 g/mol. The first-order valence-electron chi connectivity index (χ1n) is 9.15. The van der Waals surface area contributed by atoms with Gasteiger partial charge >= 0.3 is 0 Å². The molecule has 1 fully saturated rings. The normalized spacial score (nSPS) is 20.2. The summed E-state index contributed by atoms with van der Waals surface area (Å²) in [4.78, 5) is 29.8. The maximum atomic E-state index is 12.9. The van der Waals surface area contributed by atoms with Gasteiger partial charge in [-0.05, 0) is 50.2 Å². The molecule has 2 aromatic heterocycles. The van der Waals surface area contributed by atoms with Gasteiger partial charge in [-0.2, -0.15) is 0 Å². The quantitative estimate of drug-likeness (QED) is 0.755. The van der Waals surface area contributed by atoms with Crippen molar-refractivity contribution in [2.24, 2.45) is 5.92 Å². The average molecular weight is 359 g/mol. The second kappa shape index (κ2) is 7.86. The molecule has 1 aliphatic carbocycles. The fraction of sp³-hybridized carbons (Fsp3) is 0.526. The first-order valence-corrected chi connectivity index (χ1v) is 9.15. The molecular formula is C19H25N3O4. The Hall–Kier alpha value is -2.41. The van der Waals surface area contributed by atoms with E-state index in [-0.39, 0.29) is 30.5 Å². The number of carbonyl (C=O) groups excluding carboxylic acids is 1. The molecule has 3 N–H and O–H groups in total. The Bertz CT molecular complexity index is 854. The number of aryl methyl sites for hydroxylation is 1. The number of hydrogen-bond acceptors (Lipinski definition) is 5. The van der Waals surface area contributed by atoms with Crippen molar-refractivity contribution in [1.29, 1.82) is 0 Å². The van der Waals surface area contributed by atoms with Crippen molar-refractivity contribution in [2.75, 3.05) is 6.61 Å². The molecule has 1 amide bonds. The van der Waals surface area contributed by atoms with Gasteiger partial charge in [0.1, 0.15) is 17.0 Å². The number of amides is 1. The summed E-state index contributed by atoms with van der Waals surface area (Å²) in [6.45, 7) is 2.34. The molecule has 7 heteroatoms. The van der Waals surface area contributed by atoms with Crippen LogP contribution in [-0.4, -0.2) is 38.3 Å². The van der Waals surface area contributed by atoms with Crippen molar-refractivity contribution < 1.29 is 15.0 Å². The molecule has 0 aromatic carbocycles. The number of aromatic hydroxyl groups is 1. The molecular weight excluding hydrogens is 334 g/mol. The van der Waals surface area contributed by atoms with E-state index in [1.807, 2.05) is 0 Å². The van der Waals surface area contributed by atoms with Crippen molar-refractivity contribution in [1.82, 2.24) is 14.9 Å². The summed E-state index contributed by atoms with van der Waals surface area (Å²) in [5.74, 6) is -0.227. The third-order valence-corrected chi connectivity index (χ3v) is 5.11. The van der Waals surface area contributed by atoms with Gasteiger partial charge in [-0.15, -0.1) is 0 Å². The number of hydrogen-bond donors (Lipinski definition) is 3. The summed E-state index contributed by atoms with van der Waals surface area (Å²) in [5.41, 5.74) is -0.516. The lowest BCUT2D eigenvalue weighted by atomic mass is 9.87. The zero-order valence-electron chi connectivity index (χ0n) is 14.9. The highest BCUT2D eigenvalue weighted by atomic mass is 16.3. The second-order valence-electron chi connectivity index (χ2n) is 7.06. The minimum Gasteiger partial charge on any atom is -0.506 e. The van der Waals surface area contributed by atoms with Crippen LogP contribution in [0.5, 0.6) is 5.75 Å². The minimum atomic E-state index is -0.580. The van der Waals surface area contributed by atoms with E-state index in [2.05, 4.69) is 17.2 Å². The lowest BCUT2D eigenvalue weighted by molar-refractivity contribution is 0.0918. The van der Waals surface area contributed by atoms with Crippen molar-refractivity contribution in [3.05, 3.63) is 34.2 Å². The average Bonchev–Trinajstić information content (AvgIpc) is 2.64. The Balaban J connectivity index is 1.99. The number of pyridine rings is 2. The van der Waals surface area contributed by atoms with Gasteiger partial charge in [0.2, 0.25) is 0 Å². The Morgan fingerprint density at radius 2 is 2.08 bits per heavy atom. The molecule has 3 rings (SSSR count). The number of fused-ring (bicyclic) bond motifs is 1. The van der Waals surface area contributed by atoms with E-state index >= 15 is 0 Å². The Morgan fingerprint density at radius 1 is 1.35 bits per heavy atom. The Kier molecular flexibility index (Phi) is 5.56. The van der Waals surface area contributed by atoms with Crippen molar-refractivity contribution in [3.63, 3.8) is 0 Å². The van der Waals surface area contributed by atoms with Crippen LogP contribution in [0, 0.1) is 5.92 Å². The molecule has 0 unspecified atom stereocenters. The molecule has 1 saturated carbocycles. The van der Waals surface area contributed by atoms with Crippen LogP contribution in [-0.2, 0) is 6.54 Å². The fourth-order valence-electron chi connectivity index (χ4n) is 3.57. The van der Waals surface area contributed by atoms with E-state index in [0.717, 1.165) is 25.7 Å². The molecule has 0 saturated heterocycles. The number of nitrogens with zero attached hydrogens (tertiary/aromatic N) is 2. The van der Waals surface area contributed by atoms with Crippen LogP contribution in [0.3, 0.4) is 0 Å². The number of aromatic nitrogens is 2. The molecule has 2 heterocycles. The van der Waals surface area contributed by atoms with E-state index in [9.17, 15) is 14.7 Å². The van der Waals surface area contributed by atoms with Crippen LogP contribution in [0.25, 0.3) is 11.0 Å². The topological polar surface area (TPSA) is 104 Å². The highest BCUT2D eigenvalue weighted by Gasteiger charge is 2.26. The lowest BCUT2D eigenvalue weighted by Gasteiger charge is -2.27. The zero-order chi connectivity index (χ0) is 18.7. The molecule has 0 atom stereocenters. The van der Waals surface area contributed by atoms with Gasteiger partial charge in [0, 0.05) is 25.4 Å². The molecule has 0 aliphatic heterocycles. The summed E-state index contributed by atoms with van der Waals surface area (Å²) in [6, 6.07) is 3.30. The van der Waals surface area contributed by atoms with Crippen LogP contribution < -0.4 is 10.9 Å². The Morgan fingerprint density at radius 3 is 2.77 bits per heavy atom. The standard InChI is InChI=1S/C19H25N3O4/c1-12-5-7-13(8-6-12)21-18(25)15-16(24)14-4-2-9-20-17(14)22(19(15)26)10-3-11-23/h2,4,9,12-13,23-24H,3,5-8,10-11H2,1H3,(H,21,25). The molecule has 26 heavy (non-hydrogen) atoms. The maximum absolute atomic E-state index is 12.9. The van der Waals surface area contributed by atoms with Crippen LogP contribution in [0.4, 0.5) is 0 Å². The predicted molar refractivity (Wildman–Crippen MR) is 98.3 cm³/mol. The van der Waals surface area contributed by atoms with Crippen LogP contribution in [0.2, 0.25) is 0 Å². The minimum absolute atomic E-state index is 0.0213. The van der Waals surface area contributed by atoms with Crippen molar-refractivity contribution in [2.45, 2.75) is 51.6 Å². The fourth-order valence-corrected chi connectivity index (χ4v) is 3.57. The van der Waals surface area contributed by atoms with Gasteiger partial charge in [-0.25, -0.2) is 4.98 Å². The zero-order valence-corrected chi connectivity index (χ0v) is 14.9.